The van der Waals surface area contributed by atoms with E-state index in [4.69, 9.17) is 17.3 Å². The van der Waals surface area contributed by atoms with Crippen LogP contribution in [0.4, 0.5) is 5.69 Å². The van der Waals surface area contributed by atoms with Crippen LogP contribution in [0, 0.1) is 6.92 Å². The van der Waals surface area contributed by atoms with Crippen molar-refractivity contribution >= 4 is 37.3 Å². The first-order valence-electron chi connectivity index (χ1n) is 5.55. The van der Waals surface area contributed by atoms with Gasteiger partial charge in [-0.1, -0.05) is 11.6 Å². The topological polar surface area (TPSA) is 118 Å². The molecule has 20 heavy (non-hydrogen) atoms. The van der Waals surface area contributed by atoms with Gasteiger partial charge in [-0.3, -0.25) is 0 Å². The van der Waals surface area contributed by atoms with Gasteiger partial charge in [0.15, 0.2) is 0 Å². The molecule has 0 aliphatic rings. The second kappa shape index (κ2) is 6.27. The average molecular weight is 342 g/mol. The highest BCUT2D eigenvalue weighted by molar-refractivity contribution is 7.90. The van der Waals surface area contributed by atoms with Crippen molar-refractivity contribution in [3.63, 3.8) is 0 Å². The maximum atomic E-state index is 12.0. The molecule has 1 aromatic carbocycles. The Balaban J connectivity index is 2.93. The lowest BCUT2D eigenvalue weighted by Crippen LogP contribution is -2.33. The molecule has 0 unspecified atom stereocenters. The number of aryl methyl sites for hydroxylation is 1. The Bertz CT molecular complexity index is 701. The van der Waals surface area contributed by atoms with Gasteiger partial charge in [-0.15, -0.1) is 0 Å². The lowest BCUT2D eigenvalue weighted by molar-refractivity contribution is 0.578. The van der Waals surface area contributed by atoms with Crippen molar-refractivity contribution in [1.82, 2.24) is 9.44 Å². The van der Waals surface area contributed by atoms with Crippen LogP contribution in [0.25, 0.3) is 0 Å². The quantitative estimate of drug-likeness (QED) is 0.632. The molecule has 0 aliphatic heterocycles. The van der Waals surface area contributed by atoms with Crippen LogP contribution in [0.2, 0.25) is 5.02 Å². The Kier molecular flexibility index (Phi) is 5.39. The van der Waals surface area contributed by atoms with E-state index >= 15 is 0 Å². The summed E-state index contributed by atoms with van der Waals surface area (Å²) in [6.07, 6.45) is 0. The van der Waals surface area contributed by atoms with Crippen LogP contribution in [-0.2, 0) is 20.0 Å². The smallest absolute Gasteiger partial charge is 0.242 e. The van der Waals surface area contributed by atoms with Gasteiger partial charge in [0.25, 0.3) is 0 Å². The van der Waals surface area contributed by atoms with Gasteiger partial charge in [-0.2, -0.15) is 0 Å². The van der Waals surface area contributed by atoms with Crippen molar-refractivity contribution in [3.05, 3.63) is 22.7 Å². The fourth-order valence-electron chi connectivity index (χ4n) is 1.36. The number of nitrogens with two attached hydrogens (primary N) is 1. The van der Waals surface area contributed by atoms with Crippen molar-refractivity contribution in [2.24, 2.45) is 0 Å². The Labute approximate surface area is 123 Å². The zero-order valence-electron chi connectivity index (χ0n) is 11.0. The number of halogens is 1. The fraction of sp³-hybridized carbons (Fsp3) is 0.400. The highest BCUT2D eigenvalue weighted by Crippen LogP contribution is 2.26. The van der Waals surface area contributed by atoms with Crippen LogP contribution in [0.1, 0.15) is 5.56 Å². The molecule has 0 aliphatic carbocycles. The van der Waals surface area contributed by atoms with Crippen LogP contribution < -0.4 is 15.2 Å². The van der Waals surface area contributed by atoms with Gasteiger partial charge in [-0.05, 0) is 31.7 Å². The highest BCUT2D eigenvalue weighted by Gasteiger charge is 2.20. The molecule has 0 radical (unpaired) electrons. The summed E-state index contributed by atoms with van der Waals surface area (Å²) in [5.74, 6) is -0.373. The van der Waals surface area contributed by atoms with E-state index in [1.807, 2.05) is 0 Å². The Morgan fingerprint density at radius 1 is 1.25 bits per heavy atom. The van der Waals surface area contributed by atoms with Crippen molar-refractivity contribution in [2.45, 2.75) is 11.8 Å². The van der Waals surface area contributed by atoms with Gasteiger partial charge < -0.3 is 5.73 Å². The van der Waals surface area contributed by atoms with E-state index in [0.29, 0.717) is 5.56 Å². The molecule has 0 fully saturated rings. The number of anilines is 1. The molecular formula is C10H16ClN3O4S2. The summed E-state index contributed by atoms with van der Waals surface area (Å²) >= 11 is 5.88. The minimum atomic E-state index is -3.92. The number of hydrogen-bond donors (Lipinski definition) is 3. The molecule has 0 heterocycles. The first-order valence-corrected chi connectivity index (χ1v) is 9.07. The molecule has 0 amide bonds. The van der Waals surface area contributed by atoms with Crippen LogP contribution in [0.3, 0.4) is 0 Å². The first kappa shape index (κ1) is 17.2. The maximum Gasteiger partial charge on any atom is 0.242 e. The average Bonchev–Trinajstić information content (AvgIpc) is 2.33. The Hall–Kier alpha value is -0.870. The zero-order valence-corrected chi connectivity index (χ0v) is 13.4. The third-order valence-corrected chi connectivity index (χ3v) is 5.87. The summed E-state index contributed by atoms with van der Waals surface area (Å²) < 4.78 is 50.7. The van der Waals surface area contributed by atoms with Gasteiger partial charge in [0.05, 0.1) is 10.8 Å². The number of rotatable bonds is 6. The van der Waals surface area contributed by atoms with Crippen LogP contribution >= 0.6 is 11.6 Å². The lowest BCUT2D eigenvalue weighted by Gasteiger charge is -2.10. The van der Waals surface area contributed by atoms with Crippen molar-refractivity contribution in [1.29, 1.82) is 0 Å². The molecule has 114 valence electrons. The number of sulfonamides is 2. The van der Waals surface area contributed by atoms with Gasteiger partial charge in [-0.25, -0.2) is 26.3 Å². The fourth-order valence-corrected chi connectivity index (χ4v) is 3.72. The predicted octanol–water partition coefficient (Wildman–Crippen LogP) is 0.0581. The molecule has 0 spiro atoms. The molecule has 4 N–H and O–H groups in total. The monoisotopic (exact) mass is 341 g/mol. The standard InChI is InChI=1S/C10H16ClN3O4S2/c1-7-5-8(11)10(6-9(7)12)20(17,18)14-3-4-19(15,16)13-2/h5-6,13-14H,3-4,12H2,1-2H3. The number of hydrogen-bond acceptors (Lipinski definition) is 5. The normalized spacial score (nSPS) is 12.6. The Morgan fingerprint density at radius 3 is 2.40 bits per heavy atom. The summed E-state index contributed by atoms with van der Waals surface area (Å²) in [5, 5.41) is 0.0284. The molecule has 0 aromatic heterocycles. The van der Waals surface area contributed by atoms with E-state index < -0.39 is 20.0 Å². The highest BCUT2D eigenvalue weighted by atomic mass is 35.5. The van der Waals surface area contributed by atoms with E-state index in [9.17, 15) is 16.8 Å². The van der Waals surface area contributed by atoms with Crippen LogP contribution in [-0.4, -0.2) is 36.2 Å². The predicted molar refractivity (Wildman–Crippen MR) is 78.6 cm³/mol. The van der Waals surface area contributed by atoms with Crippen molar-refractivity contribution in [2.75, 3.05) is 25.1 Å². The van der Waals surface area contributed by atoms with Crippen LogP contribution in [0.5, 0.6) is 0 Å². The summed E-state index contributed by atoms with van der Waals surface area (Å²) in [6.45, 7) is 1.43. The minimum Gasteiger partial charge on any atom is -0.398 e. The maximum absolute atomic E-state index is 12.0. The molecule has 0 atom stereocenters. The second-order valence-corrected chi connectivity index (χ2v) is 8.25. The minimum absolute atomic E-state index is 0.0284. The molecule has 0 saturated heterocycles. The number of nitrogens with one attached hydrogen (secondary N) is 2. The third kappa shape index (κ3) is 4.32. The molecule has 7 nitrogen and oxygen atoms in total. The summed E-state index contributed by atoms with van der Waals surface area (Å²) in [4.78, 5) is -0.177. The third-order valence-electron chi connectivity index (χ3n) is 2.58. The molecule has 1 rings (SSSR count). The molecule has 1 aromatic rings. The van der Waals surface area contributed by atoms with E-state index in [0.717, 1.165) is 0 Å². The molecule has 0 bridgehead atoms. The number of nitrogen functional groups attached to an aromatic ring is 1. The second-order valence-electron chi connectivity index (χ2n) is 4.06. The van der Waals surface area contributed by atoms with Crippen molar-refractivity contribution in [3.8, 4) is 0 Å². The molecule has 10 heteroatoms. The molecular weight excluding hydrogens is 326 g/mol. The lowest BCUT2D eigenvalue weighted by atomic mass is 10.2. The number of benzene rings is 1. The van der Waals surface area contributed by atoms with E-state index in [-0.39, 0.29) is 27.9 Å². The Morgan fingerprint density at radius 2 is 1.85 bits per heavy atom. The largest absolute Gasteiger partial charge is 0.398 e. The van der Waals surface area contributed by atoms with Gasteiger partial charge in [0.1, 0.15) is 4.90 Å². The summed E-state index contributed by atoms with van der Waals surface area (Å²) in [7, 11) is -6.15. The van der Waals surface area contributed by atoms with Crippen molar-refractivity contribution < 1.29 is 16.8 Å². The van der Waals surface area contributed by atoms with Gasteiger partial charge in [0.2, 0.25) is 20.0 Å². The summed E-state index contributed by atoms with van der Waals surface area (Å²) in [5.41, 5.74) is 6.60. The van der Waals surface area contributed by atoms with E-state index in [2.05, 4.69) is 9.44 Å². The van der Waals surface area contributed by atoms with E-state index in [1.165, 1.54) is 19.2 Å². The summed E-state index contributed by atoms with van der Waals surface area (Å²) in [6, 6.07) is 2.68. The van der Waals surface area contributed by atoms with E-state index in [1.54, 1.807) is 6.92 Å². The van der Waals surface area contributed by atoms with Crippen LogP contribution in [0.15, 0.2) is 17.0 Å². The van der Waals surface area contributed by atoms with Gasteiger partial charge >= 0.3 is 0 Å². The van der Waals surface area contributed by atoms with Gasteiger partial charge in [0, 0.05) is 12.2 Å². The SMILES string of the molecule is CNS(=O)(=O)CCNS(=O)(=O)c1cc(N)c(C)cc1Cl. The zero-order chi connectivity index (χ0) is 15.6. The first-order chi connectivity index (χ1) is 9.09. The molecule has 0 saturated carbocycles.